The number of rotatable bonds is 4. The van der Waals surface area contributed by atoms with E-state index in [1.165, 1.54) is 0 Å². The third-order valence-electron chi connectivity index (χ3n) is 2.72. The lowest BCUT2D eigenvalue weighted by molar-refractivity contribution is 0.103. The van der Waals surface area contributed by atoms with Crippen molar-refractivity contribution in [3.8, 4) is 5.75 Å². The number of hydrogen-bond acceptors (Lipinski definition) is 2. The number of ketones is 1. The number of carbonyl (C=O) groups excluding carboxylic acids is 1. The van der Waals surface area contributed by atoms with Crippen LogP contribution in [0.4, 0.5) is 0 Å². The van der Waals surface area contributed by atoms with Crippen LogP contribution in [0.5, 0.6) is 5.75 Å². The van der Waals surface area contributed by atoms with E-state index < -0.39 is 0 Å². The molecule has 0 radical (unpaired) electrons. The summed E-state index contributed by atoms with van der Waals surface area (Å²) in [6.45, 7) is 4.44. The van der Waals surface area contributed by atoms with Crippen LogP contribution in [0.1, 0.15) is 28.4 Å². The highest BCUT2D eigenvalue weighted by atomic mass is 16.5. The van der Waals surface area contributed by atoms with Crippen molar-refractivity contribution >= 4 is 5.78 Å². The highest BCUT2D eigenvalue weighted by Crippen LogP contribution is 2.23. The first-order chi connectivity index (χ1) is 8.72. The van der Waals surface area contributed by atoms with Crippen LogP contribution in [0.25, 0.3) is 0 Å². The Hall–Kier alpha value is -2.09. The second-order valence-corrected chi connectivity index (χ2v) is 4.13. The van der Waals surface area contributed by atoms with Gasteiger partial charge in [0.2, 0.25) is 0 Å². The second kappa shape index (κ2) is 5.50. The van der Waals surface area contributed by atoms with Gasteiger partial charge < -0.3 is 4.74 Å². The van der Waals surface area contributed by atoms with Gasteiger partial charge in [0, 0.05) is 5.56 Å². The molecule has 0 aliphatic heterocycles. The molecule has 0 aliphatic carbocycles. The molecule has 0 atom stereocenters. The maximum absolute atomic E-state index is 12.4. The third-order valence-corrected chi connectivity index (χ3v) is 2.72. The topological polar surface area (TPSA) is 26.3 Å². The molecule has 92 valence electrons. The van der Waals surface area contributed by atoms with Gasteiger partial charge in [0.25, 0.3) is 0 Å². The van der Waals surface area contributed by atoms with Crippen molar-refractivity contribution in [2.24, 2.45) is 0 Å². The normalized spacial score (nSPS) is 10.1. The molecule has 0 spiro atoms. The smallest absolute Gasteiger partial charge is 0.196 e. The summed E-state index contributed by atoms with van der Waals surface area (Å²) in [7, 11) is 0. The molecular weight excluding hydrogens is 224 g/mol. The van der Waals surface area contributed by atoms with Gasteiger partial charge in [-0.3, -0.25) is 4.79 Å². The summed E-state index contributed by atoms with van der Waals surface area (Å²) < 4.78 is 5.51. The van der Waals surface area contributed by atoms with E-state index in [1.807, 2.05) is 62.4 Å². The van der Waals surface area contributed by atoms with Gasteiger partial charge >= 0.3 is 0 Å². The monoisotopic (exact) mass is 240 g/mol. The van der Waals surface area contributed by atoms with Crippen molar-refractivity contribution in [3.63, 3.8) is 0 Å². The van der Waals surface area contributed by atoms with Crippen LogP contribution in [0, 0.1) is 6.92 Å². The molecule has 18 heavy (non-hydrogen) atoms. The van der Waals surface area contributed by atoms with Gasteiger partial charge in [0.05, 0.1) is 12.2 Å². The summed E-state index contributed by atoms with van der Waals surface area (Å²) in [5.41, 5.74) is 2.37. The summed E-state index contributed by atoms with van der Waals surface area (Å²) in [6.07, 6.45) is 0. The van der Waals surface area contributed by atoms with Gasteiger partial charge in [-0.1, -0.05) is 42.0 Å². The molecule has 0 unspecified atom stereocenters. The minimum atomic E-state index is 0.00255. The molecular formula is C16H16O2. The van der Waals surface area contributed by atoms with Gasteiger partial charge in [0.15, 0.2) is 5.78 Å². The fourth-order valence-electron chi connectivity index (χ4n) is 1.85. The molecule has 2 rings (SSSR count). The zero-order chi connectivity index (χ0) is 13.0. The minimum Gasteiger partial charge on any atom is -0.493 e. The van der Waals surface area contributed by atoms with Crippen molar-refractivity contribution in [2.45, 2.75) is 13.8 Å². The van der Waals surface area contributed by atoms with Crippen LogP contribution >= 0.6 is 0 Å². The SMILES string of the molecule is CCOc1ccc(C)cc1C(=O)c1ccccc1. The number of benzene rings is 2. The van der Waals surface area contributed by atoms with Gasteiger partial charge in [0.1, 0.15) is 5.75 Å². The van der Waals surface area contributed by atoms with Crippen LogP contribution in [0.3, 0.4) is 0 Å². The Labute approximate surface area is 107 Å². The predicted octanol–water partition coefficient (Wildman–Crippen LogP) is 3.62. The van der Waals surface area contributed by atoms with Crippen LogP contribution in [-0.2, 0) is 0 Å². The average molecular weight is 240 g/mol. The van der Waals surface area contributed by atoms with Gasteiger partial charge in [-0.05, 0) is 26.0 Å². The highest BCUT2D eigenvalue weighted by Gasteiger charge is 2.14. The Morgan fingerprint density at radius 1 is 1.11 bits per heavy atom. The Kier molecular flexibility index (Phi) is 3.78. The van der Waals surface area contributed by atoms with Crippen LogP contribution in [0.15, 0.2) is 48.5 Å². The Morgan fingerprint density at radius 3 is 2.50 bits per heavy atom. The first-order valence-corrected chi connectivity index (χ1v) is 6.05. The molecule has 0 aromatic heterocycles. The fourth-order valence-corrected chi connectivity index (χ4v) is 1.85. The Morgan fingerprint density at radius 2 is 1.83 bits per heavy atom. The summed E-state index contributed by atoms with van der Waals surface area (Å²) in [6, 6.07) is 15.0. The Bertz CT molecular complexity index is 544. The maximum Gasteiger partial charge on any atom is 0.196 e. The summed E-state index contributed by atoms with van der Waals surface area (Å²) in [5.74, 6) is 0.653. The molecule has 0 saturated carbocycles. The van der Waals surface area contributed by atoms with E-state index in [2.05, 4.69) is 0 Å². The molecule has 0 amide bonds. The standard InChI is InChI=1S/C16H16O2/c1-3-18-15-10-9-12(2)11-14(15)16(17)13-7-5-4-6-8-13/h4-11H,3H2,1-2H3. The van der Waals surface area contributed by atoms with Crippen LogP contribution in [0.2, 0.25) is 0 Å². The van der Waals surface area contributed by atoms with Crippen molar-refractivity contribution in [3.05, 3.63) is 65.2 Å². The van der Waals surface area contributed by atoms with E-state index in [0.29, 0.717) is 23.5 Å². The molecule has 0 N–H and O–H groups in total. The van der Waals surface area contributed by atoms with Crippen LogP contribution < -0.4 is 4.74 Å². The van der Waals surface area contributed by atoms with Gasteiger partial charge in [-0.25, -0.2) is 0 Å². The lowest BCUT2D eigenvalue weighted by Crippen LogP contribution is -2.05. The summed E-state index contributed by atoms with van der Waals surface area (Å²) in [4.78, 5) is 12.4. The summed E-state index contributed by atoms with van der Waals surface area (Å²) in [5, 5.41) is 0. The molecule has 2 aromatic rings. The number of ether oxygens (including phenoxy) is 1. The molecule has 2 aromatic carbocycles. The molecule has 0 bridgehead atoms. The van der Waals surface area contributed by atoms with Crippen molar-refractivity contribution in [1.29, 1.82) is 0 Å². The first kappa shape index (κ1) is 12.4. The number of carbonyl (C=O) groups is 1. The fraction of sp³-hybridized carbons (Fsp3) is 0.188. The average Bonchev–Trinajstić information content (AvgIpc) is 2.41. The van der Waals surface area contributed by atoms with Crippen molar-refractivity contribution in [1.82, 2.24) is 0 Å². The molecule has 0 aliphatic rings. The molecule has 0 heterocycles. The van der Waals surface area contributed by atoms with E-state index in [4.69, 9.17) is 4.74 Å². The van der Waals surface area contributed by atoms with Crippen molar-refractivity contribution in [2.75, 3.05) is 6.61 Å². The largest absolute Gasteiger partial charge is 0.493 e. The van der Waals surface area contributed by atoms with E-state index in [1.54, 1.807) is 0 Å². The quantitative estimate of drug-likeness (QED) is 0.763. The third kappa shape index (κ3) is 2.59. The Balaban J connectivity index is 2.43. The van der Waals surface area contributed by atoms with E-state index in [0.717, 1.165) is 5.56 Å². The zero-order valence-corrected chi connectivity index (χ0v) is 10.6. The highest BCUT2D eigenvalue weighted by molar-refractivity contribution is 6.10. The van der Waals surface area contributed by atoms with Gasteiger partial charge in [-0.2, -0.15) is 0 Å². The maximum atomic E-state index is 12.4. The first-order valence-electron chi connectivity index (χ1n) is 6.05. The number of hydrogen-bond donors (Lipinski definition) is 0. The molecule has 2 nitrogen and oxygen atoms in total. The zero-order valence-electron chi connectivity index (χ0n) is 10.6. The number of aryl methyl sites for hydroxylation is 1. The van der Waals surface area contributed by atoms with E-state index >= 15 is 0 Å². The lowest BCUT2D eigenvalue weighted by Gasteiger charge is -2.10. The van der Waals surface area contributed by atoms with E-state index in [-0.39, 0.29) is 5.78 Å². The second-order valence-electron chi connectivity index (χ2n) is 4.13. The lowest BCUT2D eigenvalue weighted by atomic mass is 10.0. The minimum absolute atomic E-state index is 0.00255. The molecule has 0 saturated heterocycles. The molecule has 0 fully saturated rings. The van der Waals surface area contributed by atoms with Gasteiger partial charge in [-0.15, -0.1) is 0 Å². The van der Waals surface area contributed by atoms with E-state index in [9.17, 15) is 4.79 Å². The van der Waals surface area contributed by atoms with Crippen molar-refractivity contribution < 1.29 is 9.53 Å². The summed E-state index contributed by atoms with van der Waals surface area (Å²) >= 11 is 0. The van der Waals surface area contributed by atoms with Crippen LogP contribution in [-0.4, -0.2) is 12.4 Å². The predicted molar refractivity (Wildman–Crippen MR) is 72.2 cm³/mol. The molecule has 2 heteroatoms.